The zero-order valence-corrected chi connectivity index (χ0v) is 17.1. The average Bonchev–Trinajstić information content (AvgIpc) is 3.25. The number of pyridine rings is 1. The summed E-state index contributed by atoms with van der Waals surface area (Å²) in [5, 5.41) is 11.0. The summed E-state index contributed by atoms with van der Waals surface area (Å²) in [6.07, 6.45) is 7.01. The monoisotopic (exact) mass is 455 g/mol. The first-order valence-corrected chi connectivity index (χ1v) is 8.35. The van der Waals surface area contributed by atoms with E-state index in [9.17, 15) is 0 Å². The second kappa shape index (κ2) is 9.59. The number of aryl methyl sites for hydroxylation is 1. The van der Waals surface area contributed by atoms with Crippen LogP contribution in [0.1, 0.15) is 17.9 Å². The molecule has 1 unspecified atom stereocenters. The Morgan fingerprint density at radius 3 is 2.92 bits per heavy atom. The van der Waals surface area contributed by atoms with Crippen molar-refractivity contribution >= 4 is 35.8 Å². The number of hydrogen-bond acceptors (Lipinski definition) is 4. The largest absolute Gasteiger partial charge is 0.368 e. The lowest BCUT2D eigenvalue weighted by Crippen LogP contribution is -2.41. The van der Waals surface area contributed by atoms with Gasteiger partial charge in [-0.15, -0.1) is 24.0 Å². The molecule has 0 aliphatic carbocycles. The van der Waals surface area contributed by atoms with Crippen molar-refractivity contribution in [3.63, 3.8) is 0 Å². The fourth-order valence-electron chi connectivity index (χ4n) is 3.04. The van der Waals surface area contributed by atoms with Gasteiger partial charge < -0.3 is 15.5 Å². The molecule has 7 nitrogen and oxygen atoms in total. The fraction of sp³-hybridized carbons (Fsp3) is 0.471. The normalized spacial score (nSPS) is 17.3. The van der Waals surface area contributed by atoms with E-state index < -0.39 is 0 Å². The van der Waals surface area contributed by atoms with Crippen LogP contribution < -0.4 is 10.6 Å². The van der Waals surface area contributed by atoms with Crippen LogP contribution in [-0.2, 0) is 7.05 Å². The topological polar surface area (TPSA) is 70.4 Å². The van der Waals surface area contributed by atoms with E-state index >= 15 is 0 Å². The minimum absolute atomic E-state index is 0. The smallest absolute Gasteiger partial charge is 0.193 e. The van der Waals surface area contributed by atoms with Gasteiger partial charge in [-0.1, -0.05) is 6.07 Å². The lowest BCUT2D eigenvalue weighted by molar-refractivity contribution is 0.487. The summed E-state index contributed by atoms with van der Waals surface area (Å²) in [5.41, 5.74) is 1.31. The van der Waals surface area contributed by atoms with Crippen LogP contribution in [0.5, 0.6) is 0 Å². The van der Waals surface area contributed by atoms with E-state index in [1.807, 2.05) is 43.2 Å². The van der Waals surface area contributed by atoms with Crippen molar-refractivity contribution in [2.24, 2.45) is 12.0 Å². The molecule has 2 N–H and O–H groups in total. The number of aromatic nitrogens is 3. The van der Waals surface area contributed by atoms with E-state index in [-0.39, 0.29) is 24.0 Å². The van der Waals surface area contributed by atoms with Crippen LogP contribution in [0.3, 0.4) is 0 Å². The average molecular weight is 455 g/mol. The number of halogens is 1. The summed E-state index contributed by atoms with van der Waals surface area (Å²) in [6.45, 7) is 3.61. The van der Waals surface area contributed by atoms with Gasteiger partial charge in [0, 0.05) is 58.6 Å². The van der Waals surface area contributed by atoms with Gasteiger partial charge in [0.25, 0.3) is 0 Å². The summed E-state index contributed by atoms with van der Waals surface area (Å²) in [6, 6.07) is 5.86. The van der Waals surface area contributed by atoms with Gasteiger partial charge in [0.05, 0.1) is 6.20 Å². The summed E-state index contributed by atoms with van der Waals surface area (Å²) in [5.74, 6) is 2.39. The molecule has 3 heterocycles. The lowest BCUT2D eigenvalue weighted by Gasteiger charge is -2.21. The molecule has 1 atom stereocenters. The molecule has 8 heteroatoms. The van der Waals surface area contributed by atoms with E-state index in [0.717, 1.165) is 44.4 Å². The van der Waals surface area contributed by atoms with Gasteiger partial charge in [0.2, 0.25) is 0 Å². The second-order valence-corrected chi connectivity index (χ2v) is 5.99. The molecule has 1 aliphatic rings. The molecule has 1 aliphatic heterocycles. The summed E-state index contributed by atoms with van der Waals surface area (Å²) in [4.78, 5) is 11.0. The number of nitrogens with one attached hydrogen (secondary N) is 2. The molecule has 0 radical (unpaired) electrons. The van der Waals surface area contributed by atoms with Crippen molar-refractivity contribution in [3.8, 4) is 0 Å². The van der Waals surface area contributed by atoms with Gasteiger partial charge in [-0.25, -0.2) is 4.98 Å². The Balaban J connectivity index is 0.00000225. The molecule has 1 fully saturated rings. The van der Waals surface area contributed by atoms with E-state index in [1.54, 1.807) is 6.20 Å². The van der Waals surface area contributed by atoms with E-state index in [4.69, 9.17) is 0 Å². The first-order valence-electron chi connectivity index (χ1n) is 8.35. The fourth-order valence-corrected chi connectivity index (χ4v) is 3.04. The predicted molar refractivity (Wildman–Crippen MR) is 112 cm³/mol. The van der Waals surface area contributed by atoms with Gasteiger partial charge in [-0.05, 0) is 24.1 Å². The SMILES string of the molecule is CN=C(NCCNc1ccccn1)N1CCC(c2cnn(C)c2)C1.I. The Morgan fingerprint density at radius 1 is 1.36 bits per heavy atom. The highest BCUT2D eigenvalue weighted by Crippen LogP contribution is 2.26. The molecule has 0 aromatic carbocycles. The Morgan fingerprint density at radius 2 is 2.24 bits per heavy atom. The van der Waals surface area contributed by atoms with Crippen LogP contribution in [0.15, 0.2) is 41.8 Å². The van der Waals surface area contributed by atoms with Gasteiger partial charge in [0.1, 0.15) is 5.82 Å². The van der Waals surface area contributed by atoms with Crippen molar-refractivity contribution in [1.82, 2.24) is 25.0 Å². The third kappa shape index (κ3) is 5.32. The predicted octanol–water partition coefficient (Wildman–Crippen LogP) is 1.91. The van der Waals surface area contributed by atoms with E-state index in [0.29, 0.717) is 5.92 Å². The van der Waals surface area contributed by atoms with E-state index in [2.05, 4.69) is 36.8 Å². The van der Waals surface area contributed by atoms with Crippen LogP contribution in [0, 0.1) is 0 Å². The first-order chi connectivity index (χ1) is 11.8. The molecule has 0 spiro atoms. The minimum atomic E-state index is 0. The molecular formula is C17H26IN7. The van der Waals surface area contributed by atoms with Crippen LogP contribution in [0.2, 0.25) is 0 Å². The molecular weight excluding hydrogens is 429 g/mol. The molecule has 136 valence electrons. The zero-order chi connectivity index (χ0) is 16.8. The molecule has 1 saturated heterocycles. The van der Waals surface area contributed by atoms with Crippen LogP contribution in [0.25, 0.3) is 0 Å². The van der Waals surface area contributed by atoms with Crippen LogP contribution >= 0.6 is 24.0 Å². The quantitative estimate of drug-likeness (QED) is 0.312. The van der Waals surface area contributed by atoms with Crippen molar-refractivity contribution in [3.05, 3.63) is 42.4 Å². The Labute approximate surface area is 165 Å². The molecule has 0 bridgehead atoms. The zero-order valence-electron chi connectivity index (χ0n) is 14.7. The highest BCUT2D eigenvalue weighted by Gasteiger charge is 2.26. The third-order valence-corrected chi connectivity index (χ3v) is 4.27. The highest BCUT2D eigenvalue weighted by atomic mass is 127. The van der Waals surface area contributed by atoms with Crippen molar-refractivity contribution in [2.45, 2.75) is 12.3 Å². The van der Waals surface area contributed by atoms with Gasteiger partial charge in [0.15, 0.2) is 5.96 Å². The number of aliphatic imine (C=N–C) groups is 1. The van der Waals surface area contributed by atoms with Gasteiger partial charge in [-0.3, -0.25) is 9.67 Å². The van der Waals surface area contributed by atoms with Crippen molar-refractivity contribution < 1.29 is 0 Å². The second-order valence-electron chi connectivity index (χ2n) is 5.99. The lowest BCUT2D eigenvalue weighted by atomic mass is 10.0. The van der Waals surface area contributed by atoms with Crippen LogP contribution in [0.4, 0.5) is 5.82 Å². The van der Waals surface area contributed by atoms with Crippen LogP contribution in [-0.4, -0.2) is 58.9 Å². The number of hydrogen-bond donors (Lipinski definition) is 2. The number of anilines is 1. The molecule has 0 saturated carbocycles. The molecule has 2 aromatic heterocycles. The first kappa shape index (κ1) is 19.5. The molecule has 3 rings (SSSR count). The summed E-state index contributed by atoms with van der Waals surface area (Å²) >= 11 is 0. The minimum Gasteiger partial charge on any atom is -0.368 e. The van der Waals surface area contributed by atoms with Crippen molar-refractivity contribution in [2.75, 3.05) is 38.5 Å². The maximum Gasteiger partial charge on any atom is 0.193 e. The molecule has 2 aromatic rings. The molecule has 25 heavy (non-hydrogen) atoms. The maximum absolute atomic E-state index is 4.42. The Kier molecular flexibility index (Phi) is 7.48. The Hall–Kier alpha value is -1.84. The van der Waals surface area contributed by atoms with E-state index in [1.165, 1.54) is 5.56 Å². The number of nitrogens with zero attached hydrogens (tertiary/aromatic N) is 5. The Bertz CT molecular complexity index is 671. The summed E-state index contributed by atoms with van der Waals surface area (Å²) < 4.78 is 1.87. The number of likely N-dealkylation sites (tertiary alicyclic amines) is 1. The summed E-state index contributed by atoms with van der Waals surface area (Å²) in [7, 11) is 3.80. The number of rotatable bonds is 5. The van der Waals surface area contributed by atoms with Gasteiger partial charge >= 0.3 is 0 Å². The van der Waals surface area contributed by atoms with Gasteiger partial charge in [-0.2, -0.15) is 5.10 Å². The standard InChI is InChI=1S/C17H25N7.HI/c1-18-17(21-9-8-20-16-5-3-4-7-19-16)24-10-6-14(13-24)15-11-22-23(2)12-15;/h3-5,7,11-12,14H,6,8-10,13H2,1-2H3,(H,18,21)(H,19,20);1H. The maximum atomic E-state index is 4.42. The third-order valence-electron chi connectivity index (χ3n) is 4.27. The highest BCUT2D eigenvalue weighted by molar-refractivity contribution is 14.0. The molecule has 0 amide bonds. The van der Waals surface area contributed by atoms with Crippen molar-refractivity contribution in [1.29, 1.82) is 0 Å². The number of guanidine groups is 1.